The summed E-state index contributed by atoms with van der Waals surface area (Å²) in [6.07, 6.45) is 6.90. The van der Waals surface area contributed by atoms with Crippen molar-refractivity contribution < 1.29 is 4.79 Å². The zero-order chi connectivity index (χ0) is 17.6. The van der Waals surface area contributed by atoms with Gasteiger partial charge in [0, 0.05) is 29.5 Å². The molecule has 1 aliphatic heterocycles. The number of aromatic nitrogens is 1. The van der Waals surface area contributed by atoms with E-state index < -0.39 is 0 Å². The first kappa shape index (κ1) is 17.8. The lowest BCUT2D eigenvalue weighted by Gasteiger charge is -2.36. The molecule has 1 aromatic carbocycles. The molecule has 130 valence electrons. The predicted molar refractivity (Wildman–Crippen MR) is 102 cm³/mol. The Labute approximate surface area is 157 Å². The van der Waals surface area contributed by atoms with Crippen LogP contribution in [0.25, 0.3) is 0 Å². The van der Waals surface area contributed by atoms with E-state index in [1.165, 1.54) is 0 Å². The number of piperidine rings is 1. The summed E-state index contributed by atoms with van der Waals surface area (Å²) in [6, 6.07) is 10.9. The lowest BCUT2D eigenvalue weighted by Crippen LogP contribution is -2.51. The zero-order valence-electron chi connectivity index (χ0n) is 13.6. The van der Waals surface area contributed by atoms with Crippen molar-refractivity contribution in [2.45, 2.75) is 25.3 Å². The van der Waals surface area contributed by atoms with E-state index in [0.717, 1.165) is 31.4 Å². The topological polar surface area (TPSA) is 57.3 Å². The van der Waals surface area contributed by atoms with E-state index in [1.54, 1.807) is 30.5 Å². The first-order chi connectivity index (χ1) is 12.1. The Morgan fingerprint density at radius 1 is 1.24 bits per heavy atom. The Hall–Kier alpha value is -2.02. The SMILES string of the molecule is O=C(NC(=S)NN1CCCC[C@H]1c1cccnc1)c1ccc(Cl)cc1. The van der Waals surface area contributed by atoms with Crippen molar-refractivity contribution in [1.29, 1.82) is 0 Å². The summed E-state index contributed by atoms with van der Waals surface area (Å²) in [5.41, 5.74) is 4.81. The molecular weight excluding hydrogens is 356 g/mol. The summed E-state index contributed by atoms with van der Waals surface area (Å²) in [7, 11) is 0. The number of nitrogens with zero attached hydrogens (tertiary/aromatic N) is 2. The summed E-state index contributed by atoms with van der Waals surface area (Å²) in [5.74, 6) is -0.260. The smallest absolute Gasteiger partial charge is 0.257 e. The van der Waals surface area contributed by atoms with E-state index in [1.807, 2.05) is 12.3 Å². The molecule has 1 saturated heterocycles. The molecule has 0 radical (unpaired) electrons. The van der Waals surface area contributed by atoms with Crippen molar-refractivity contribution in [3.63, 3.8) is 0 Å². The molecule has 0 bridgehead atoms. The van der Waals surface area contributed by atoms with Gasteiger partial charge in [0.05, 0.1) is 6.04 Å². The van der Waals surface area contributed by atoms with Crippen LogP contribution in [0.4, 0.5) is 0 Å². The van der Waals surface area contributed by atoms with Crippen LogP contribution in [0.3, 0.4) is 0 Å². The van der Waals surface area contributed by atoms with E-state index >= 15 is 0 Å². The molecule has 1 atom stereocenters. The van der Waals surface area contributed by atoms with Gasteiger partial charge in [0.2, 0.25) is 0 Å². The van der Waals surface area contributed by atoms with E-state index in [0.29, 0.717) is 10.6 Å². The zero-order valence-corrected chi connectivity index (χ0v) is 15.2. The molecule has 3 rings (SSSR count). The summed E-state index contributed by atoms with van der Waals surface area (Å²) in [5, 5.41) is 5.67. The number of nitrogens with one attached hydrogen (secondary N) is 2. The number of carbonyl (C=O) groups excluding carboxylic acids is 1. The predicted octanol–water partition coefficient (Wildman–Crippen LogP) is 3.48. The van der Waals surface area contributed by atoms with E-state index in [-0.39, 0.29) is 17.1 Å². The number of halogens is 1. The Morgan fingerprint density at radius 2 is 2.04 bits per heavy atom. The van der Waals surface area contributed by atoms with Crippen LogP contribution in [0.2, 0.25) is 5.02 Å². The molecule has 25 heavy (non-hydrogen) atoms. The summed E-state index contributed by atoms with van der Waals surface area (Å²) < 4.78 is 0. The van der Waals surface area contributed by atoms with Gasteiger partial charge in [0.15, 0.2) is 5.11 Å². The van der Waals surface area contributed by atoms with Gasteiger partial charge in [-0.05, 0) is 61.0 Å². The fourth-order valence-corrected chi connectivity index (χ4v) is 3.26. The third-order valence-electron chi connectivity index (χ3n) is 4.15. The summed E-state index contributed by atoms with van der Waals surface area (Å²) in [4.78, 5) is 16.5. The van der Waals surface area contributed by atoms with E-state index in [4.69, 9.17) is 23.8 Å². The highest BCUT2D eigenvalue weighted by molar-refractivity contribution is 7.80. The molecule has 1 fully saturated rings. The molecule has 5 nitrogen and oxygen atoms in total. The van der Waals surface area contributed by atoms with E-state index in [2.05, 4.69) is 26.8 Å². The van der Waals surface area contributed by atoms with Crippen LogP contribution in [0.15, 0.2) is 48.8 Å². The van der Waals surface area contributed by atoms with Gasteiger partial charge in [-0.15, -0.1) is 0 Å². The number of rotatable bonds is 3. The summed E-state index contributed by atoms with van der Waals surface area (Å²) in [6.45, 7) is 0.858. The van der Waals surface area contributed by atoms with Crippen LogP contribution in [-0.4, -0.2) is 27.6 Å². The Balaban J connectivity index is 1.62. The average molecular weight is 375 g/mol. The van der Waals surface area contributed by atoms with Crippen molar-refractivity contribution in [3.8, 4) is 0 Å². The maximum Gasteiger partial charge on any atom is 0.257 e. The molecule has 1 amide bonds. The number of hydrogen-bond acceptors (Lipinski definition) is 4. The second-order valence-electron chi connectivity index (χ2n) is 5.89. The molecular formula is C18H19ClN4OS. The Kier molecular flexibility index (Phi) is 5.96. The van der Waals surface area contributed by atoms with Gasteiger partial charge >= 0.3 is 0 Å². The average Bonchev–Trinajstić information content (AvgIpc) is 2.63. The van der Waals surface area contributed by atoms with Crippen molar-refractivity contribution >= 4 is 34.8 Å². The van der Waals surface area contributed by atoms with Crippen LogP contribution >= 0.6 is 23.8 Å². The molecule has 0 aliphatic carbocycles. The lowest BCUT2D eigenvalue weighted by atomic mass is 9.98. The molecule has 2 N–H and O–H groups in total. The number of amides is 1. The molecule has 1 aliphatic rings. The number of benzene rings is 1. The van der Waals surface area contributed by atoms with Crippen LogP contribution in [-0.2, 0) is 0 Å². The molecule has 2 heterocycles. The first-order valence-corrected chi connectivity index (χ1v) is 8.96. The third kappa shape index (κ3) is 4.75. The number of hydrazine groups is 1. The maximum absolute atomic E-state index is 12.2. The minimum atomic E-state index is -0.260. The van der Waals surface area contributed by atoms with Crippen LogP contribution in [0.5, 0.6) is 0 Å². The quantitative estimate of drug-likeness (QED) is 0.805. The normalized spacial score (nSPS) is 17.7. The Bertz CT molecular complexity index is 739. The fraction of sp³-hybridized carbons (Fsp3) is 0.278. The molecule has 7 heteroatoms. The number of pyridine rings is 1. The van der Waals surface area contributed by atoms with Crippen molar-refractivity contribution in [2.75, 3.05) is 6.54 Å². The standard InChI is InChI=1S/C18H19ClN4OS/c19-15-8-6-13(7-9-15)17(24)21-18(25)22-23-11-2-1-5-16(23)14-4-3-10-20-12-14/h3-4,6-10,12,16H,1-2,5,11H2,(H2,21,22,24,25)/t16-/m0/s1. The molecule has 2 aromatic rings. The van der Waals surface area contributed by atoms with Crippen LogP contribution in [0.1, 0.15) is 41.2 Å². The highest BCUT2D eigenvalue weighted by Crippen LogP contribution is 2.28. The van der Waals surface area contributed by atoms with Gasteiger partial charge < -0.3 is 0 Å². The highest BCUT2D eigenvalue weighted by atomic mass is 35.5. The second-order valence-corrected chi connectivity index (χ2v) is 6.74. The third-order valence-corrected chi connectivity index (χ3v) is 4.60. The monoisotopic (exact) mass is 374 g/mol. The van der Waals surface area contributed by atoms with Crippen molar-refractivity contribution in [3.05, 3.63) is 64.9 Å². The van der Waals surface area contributed by atoms with Gasteiger partial charge in [0.25, 0.3) is 5.91 Å². The number of carbonyl (C=O) groups is 1. The number of hydrogen-bond donors (Lipinski definition) is 2. The lowest BCUT2D eigenvalue weighted by molar-refractivity contribution is 0.0957. The molecule has 0 unspecified atom stereocenters. The summed E-state index contributed by atoms with van der Waals surface area (Å²) >= 11 is 11.2. The molecule has 0 saturated carbocycles. The van der Waals surface area contributed by atoms with Gasteiger partial charge in [-0.1, -0.05) is 24.1 Å². The van der Waals surface area contributed by atoms with Crippen molar-refractivity contribution in [1.82, 2.24) is 20.7 Å². The first-order valence-electron chi connectivity index (χ1n) is 8.17. The Morgan fingerprint density at radius 3 is 2.76 bits per heavy atom. The minimum Gasteiger partial charge on any atom is -0.298 e. The van der Waals surface area contributed by atoms with Gasteiger partial charge in [0.1, 0.15) is 0 Å². The fourth-order valence-electron chi connectivity index (χ4n) is 2.92. The van der Waals surface area contributed by atoms with Gasteiger partial charge in [-0.3, -0.25) is 20.5 Å². The van der Waals surface area contributed by atoms with Gasteiger partial charge in [-0.2, -0.15) is 0 Å². The molecule has 1 aromatic heterocycles. The maximum atomic E-state index is 12.2. The minimum absolute atomic E-state index is 0.188. The molecule has 0 spiro atoms. The van der Waals surface area contributed by atoms with Gasteiger partial charge in [-0.25, -0.2) is 5.01 Å². The number of thiocarbonyl (C=S) groups is 1. The van der Waals surface area contributed by atoms with Crippen LogP contribution in [0, 0.1) is 0 Å². The van der Waals surface area contributed by atoms with E-state index in [9.17, 15) is 4.79 Å². The highest BCUT2D eigenvalue weighted by Gasteiger charge is 2.25. The second kappa shape index (κ2) is 8.38. The van der Waals surface area contributed by atoms with Crippen molar-refractivity contribution in [2.24, 2.45) is 0 Å². The largest absolute Gasteiger partial charge is 0.298 e. The van der Waals surface area contributed by atoms with Crippen LogP contribution < -0.4 is 10.7 Å².